The van der Waals surface area contributed by atoms with E-state index >= 15 is 0 Å². The van der Waals surface area contributed by atoms with Gasteiger partial charge in [0.05, 0.1) is 12.1 Å². The van der Waals surface area contributed by atoms with Crippen LogP contribution in [-0.2, 0) is 0 Å². The number of aliphatic hydroxyl groups is 1. The Labute approximate surface area is 90.3 Å². The summed E-state index contributed by atoms with van der Waals surface area (Å²) in [4.78, 5) is 0. The SMILES string of the molecule is OC1C2CCC(C2)C1Nc1ccccc1. The maximum atomic E-state index is 10.1. The highest BCUT2D eigenvalue weighted by Crippen LogP contribution is 2.45. The molecule has 1 aromatic rings. The first kappa shape index (κ1) is 9.22. The third-order valence-electron chi connectivity index (χ3n) is 3.98. The molecule has 4 unspecified atom stereocenters. The van der Waals surface area contributed by atoms with Gasteiger partial charge in [-0.05, 0) is 43.2 Å². The highest BCUT2D eigenvalue weighted by molar-refractivity contribution is 5.44. The topological polar surface area (TPSA) is 32.3 Å². The van der Waals surface area contributed by atoms with Gasteiger partial charge in [-0.1, -0.05) is 18.2 Å². The lowest BCUT2D eigenvalue weighted by Crippen LogP contribution is -2.38. The van der Waals surface area contributed by atoms with E-state index in [4.69, 9.17) is 0 Å². The van der Waals surface area contributed by atoms with E-state index in [1.807, 2.05) is 18.2 Å². The first-order valence-electron chi connectivity index (χ1n) is 5.84. The second-order valence-corrected chi connectivity index (χ2v) is 4.86. The number of nitrogens with one attached hydrogen (secondary N) is 1. The van der Waals surface area contributed by atoms with E-state index in [9.17, 15) is 5.11 Å². The maximum absolute atomic E-state index is 10.1. The van der Waals surface area contributed by atoms with Gasteiger partial charge >= 0.3 is 0 Å². The summed E-state index contributed by atoms with van der Waals surface area (Å²) in [6, 6.07) is 10.5. The fourth-order valence-corrected chi connectivity index (χ4v) is 3.19. The molecule has 1 aromatic carbocycles. The lowest BCUT2D eigenvalue weighted by Gasteiger charge is -2.28. The molecule has 2 aliphatic carbocycles. The minimum absolute atomic E-state index is 0.135. The lowest BCUT2D eigenvalue weighted by molar-refractivity contribution is 0.101. The average molecular weight is 203 g/mol. The van der Waals surface area contributed by atoms with Crippen molar-refractivity contribution in [1.82, 2.24) is 0 Å². The Balaban J connectivity index is 1.74. The van der Waals surface area contributed by atoms with Gasteiger partial charge in [0.2, 0.25) is 0 Å². The number of benzene rings is 1. The minimum Gasteiger partial charge on any atom is -0.391 e. The molecule has 0 spiro atoms. The number of fused-ring (bicyclic) bond motifs is 2. The molecule has 2 fully saturated rings. The Morgan fingerprint density at radius 2 is 1.80 bits per heavy atom. The molecule has 2 saturated carbocycles. The molecule has 0 heterocycles. The molecule has 0 aliphatic heterocycles. The van der Waals surface area contributed by atoms with Gasteiger partial charge in [0.1, 0.15) is 0 Å². The normalized spacial score (nSPS) is 38.2. The largest absolute Gasteiger partial charge is 0.391 e. The molecule has 0 saturated heterocycles. The quantitative estimate of drug-likeness (QED) is 0.772. The molecule has 2 aliphatic rings. The van der Waals surface area contributed by atoms with Crippen LogP contribution in [0, 0.1) is 11.8 Å². The van der Waals surface area contributed by atoms with Crippen LogP contribution in [-0.4, -0.2) is 17.3 Å². The molecule has 2 bridgehead atoms. The molecule has 0 aromatic heterocycles. The van der Waals surface area contributed by atoms with Gasteiger partial charge in [-0.2, -0.15) is 0 Å². The molecule has 2 nitrogen and oxygen atoms in total. The second kappa shape index (κ2) is 3.53. The number of anilines is 1. The van der Waals surface area contributed by atoms with Crippen LogP contribution in [0.25, 0.3) is 0 Å². The highest BCUT2D eigenvalue weighted by atomic mass is 16.3. The van der Waals surface area contributed by atoms with E-state index in [-0.39, 0.29) is 12.1 Å². The zero-order valence-electron chi connectivity index (χ0n) is 8.76. The standard InChI is InChI=1S/C13H17NO/c15-13-10-7-6-9(8-10)12(13)14-11-4-2-1-3-5-11/h1-5,9-10,12-15H,6-8H2. The van der Waals surface area contributed by atoms with Gasteiger partial charge < -0.3 is 10.4 Å². The van der Waals surface area contributed by atoms with Gasteiger partial charge in [0.15, 0.2) is 0 Å². The minimum atomic E-state index is -0.135. The van der Waals surface area contributed by atoms with Crippen LogP contribution in [0.5, 0.6) is 0 Å². The Bertz CT molecular complexity index is 336. The van der Waals surface area contributed by atoms with Crippen molar-refractivity contribution >= 4 is 5.69 Å². The predicted molar refractivity (Wildman–Crippen MR) is 60.7 cm³/mol. The molecular weight excluding hydrogens is 186 g/mol. The van der Waals surface area contributed by atoms with Crippen molar-refractivity contribution in [2.75, 3.05) is 5.32 Å². The first-order valence-corrected chi connectivity index (χ1v) is 5.84. The summed E-state index contributed by atoms with van der Waals surface area (Å²) in [5.41, 5.74) is 1.13. The molecule has 2 heteroatoms. The third-order valence-corrected chi connectivity index (χ3v) is 3.98. The molecule has 15 heavy (non-hydrogen) atoms. The third kappa shape index (κ3) is 1.53. The number of hydrogen-bond donors (Lipinski definition) is 2. The van der Waals surface area contributed by atoms with E-state index < -0.39 is 0 Å². The van der Waals surface area contributed by atoms with Crippen molar-refractivity contribution in [2.45, 2.75) is 31.4 Å². The van der Waals surface area contributed by atoms with Gasteiger partial charge in [-0.25, -0.2) is 0 Å². The summed E-state index contributed by atoms with van der Waals surface area (Å²) in [6.45, 7) is 0. The summed E-state index contributed by atoms with van der Waals surface area (Å²) in [5, 5.41) is 13.5. The Morgan fingerprint density at radius 3 is 2.47 bits per heavy atom. The second-order valence-electron chi connectivity index (χ2n) is 4.86. The van der Waals surface area contributed by atoms with E-state index in [0.29, 0.717) is 11.8 Å². The Kier molecular flexibility index (Phi) is 2.17. The van der Waals surface area contributed by atoms with Gasteiger partial charge in [-0.3, -0.25) is 0 Å². The van der Waals surface area contributed by atoms with E-state index in [1.54, 1.807) is 0 Å². The number of rotatable bonds is 2. The smallest absolute Gasteiger partial charge is 0.0772 e. The molecule has 0 radical (unpaired) electrons. The van der Waals surface area contributed by atoms with Crippen LogP contribution >= 0.6 is 0 Å². The zero-order valence-corrected chi connectivity index (χ0v) is 8.76. The average Bonchev–Trinajstić information content (AvgIpc) is 2.84. The molecular formula is C13H17NO. The fraction of sp³-hybridized carbons (Fsp3) is 0.538. The zero-order chi connectivity index (χ0) is 10.3. The van der Waals surface area contributed by atoms with Crippen molar-refractivity contribution in [2.24, 2.45) is 11.8 Å². The number of para-hydroxylation sites is 1. The maximum Gasteiger partial charge on any atom is 0.0772 e. The van der Waals surface area contributed by atoms with E-state index in [0.717, 1.165) is 5.69 Å². The molecule has 3 rings (SSSR count). The highest BCUT2D eigenvalue weighted by Gasteiger charge is 2.46. The van der Waals surface area contributed by atoms with Crippen molar-refractivity contribution in [3.05, 3.63) is 30.3 Å². The van der Waals surface area contributed by atoms with Crippen LogP contribution in [0.15, 0.2) is 30.3 Å². The van der Waals surface area contributed by atoms with Crippen LogP contribution in [0.3, 0.4) is 0 Å². The lowest BCUT2D eigenvalue weighted by atomic mass is 9.92. The summed E-state index contributed by atoms with van der Waals surface area (Å²) in [6.07, 6.45) is 3.58. The van der Waals surface area contributed by atoms with Crippen LogP contribution in [0.1, 0.15) is 19.3 Å². The Hall–Kier alpha value is -1.02. The Morgan fingerprint density at radius 1 is 1.07 bits per heavy atom. The van der Waals surface area contributed by atoms with Gasteiger partial charge in [0, 0.05) is 5.69 Å². The first-order chi connectivity index (χ1) is 7.34. The summed E-state index contributed by atoms with van der Waals surface area (Å²) >= 11 is 0. The number of hydrogen-bond acceptors (Lipinski definition) is 2. The van der Waals surface area contributed by atoms with E-state index in [1.165, 1.54) is 19.3 Å². The fourth-order valence-electron chi connectivity index (χ4n) is 3.19. The van der Waals surface area contributed by atoms with Crippen LogP contribution < -0.4 is 5.32 Å². The van der Waals surface area contributed by atoms with E-state index in [2.05, 4.69) is 17.4 Å². The summed E-state index contributed by atoms with van der Waals surface area (Å²) < 4.78 is 0. The molecule has 2 N–H and O–H groups in total. The van der Waals surface area contributed by atoms with Gasteiger partial charge in [-0.15, -0.1) is 0 Å². The predicted octanol–water partition coefficient (Wildman–Crippen LogP) is 2.26. The number of aliphatic hydroxyl groups excluding tert-OH is 1. The van der Waals surface area contributed by atoms with Crippen LogP contribution in [0.2, 0.25) is 0 Å². The monoisotopic (exact) mass is 203 g/mol. The summed E-state index contributed by atoms with van der Waals surface area (Å²) in [5.74, 6) is 1.24. The van der Waals surface area contributed by atoms with Gasteiger partial charge in [0.25, 0.3) is 0 Å². The van der Waals surface area contributed by atoms with Crippen molar-refractivity contribution in [3.8, 4) is 0 Å². The molecule has 4 atom stereocenters. The molecule has 0 amide bonds. The van der Waals surface area contributed by atoms with Crippen molar-refractivity contribution in [3.63, 3.8) is 0 Å². The summed E-state index contributed by atoms with van der Waals surface area (Å²) in [7, 11) is 0. The van der Waals surface area contributed by atoms with Crippen molar-refractivity contribution in [1.29, 1.82) is 0 Å². The van der Waals surface area contributed by atoms with Crippen molar-refractivity contribution < 1.29 is 5.11 Å². The van der Waals surface area contributed by atoms with Crippen LogP contribution in [0.4, 0.5) is 5.69 Å². The molecule has 80 valence electrons.